The van der Waals surface area contributed by atoms with E-state index in [0.29, 0.717) is 16.7 Å². The van der Waals surface area contributed by atoms with Gasteiger partial charge in [0.2, 0.25) is 5.91 Å². The highest BCUT2D eigenvalue weighted by Crippen LogP contribution is 2.38. The minimum absolute atomic E-state index is 0.0920. The molecule has 2 aromatic carbocycles. The summed E-state index contributed by atoms with van der Waals surface area (Å²) in [5, 5.41) is 2.92. The Bertz CT molecular complexity index is 1090. The lowest BCUT2D eigenvalue weighted by atomic mass is 10.0. The van der Waals surface area contributed by atoms with E-state index < -0.39 is 0 Å². The van der Waals surface area contributed by atoms with Crippen LogP contribution in [-0.4, -0.2) is 48.1 Å². The van der Waals surface area contributed by atoms with Gasteiger partial charge >= 0.3 is 5.69 Å². The highest BCUT2D eigenvalue weighted by molar-refractivity contribution is 5.94. The number of anilines is 1. The van der Waals surface area contributed by atoms with Gasteiger partial charge in [0.25, 0.3) is 0 Å². The summed E-state index contributed by atoms with van der Waals surface area (Å²) in [4.78, 5) is 31.6. The number of likely N-dealkylation sites (tertiary alicyclic amines) is 1. The third kappa shape index (κ3) is 3.97. The molecule has 1 aromatic heterocycles. The van der Waals surface area contributed by atoms with Crippen molar-refractivity contribution >= 4 is 22.6 Å². The summed E-state index contributed by atoms with van der Waals surface area (Å²) in [6.07, 6.45) is 1.96. The van der Waals surface area contributed by atoms with Crippen molar-refractivity contribution in [1.29, 1.82) is 0 Å². The number of carbonyl (C=O) groups is 1. The molecule has 0 unspecified atom stereocenters. The molecule has 3 N–H and O–H groups in total. The maximum absolute atomic E-state index is 12.7. The molecule has 0 bridgehead atoms. The summed E-state index contributed by atoms with van der Waals surface area (Å²) >= 11 is 0. The number of ether oxygens (including phenoxy) is 2. The number of fused-ring (bicyclic) bond motifs is 1. The number of carbonyl (C=O) groups excluding carboxylic acids is 1. The molecular weight excluding hydrogens is 372 g/mol. The first-order chi connectivity index (χ1) is 14.1. The third-order valence-corrected chi connectivity index (χ3v) is 5.31. The molecule has 2 heterocycles. The molecule has 0 saturated carbocycles. The summed E-state index contributed by atoms with van der Waals surface area (Å²) in [6.45, 7) is 1.11. The Morgan fingerprint density at radius 2 is 1.97 bits per heavy atom. The molecule has 1 amide bonds. The lowest BCUT2D eigenvalue weighted by molar-refractivity contribution is -0.117. The zero-order chi connectivity index (χ0) is 20.4. The van der Waals surface area contributed by atoms with E-state index in [1.807, 2.05) is 18.2 Å². The first kappa shape index (κ1) is 19.1. The van der Waals surface area contributed by atoms with Gasteiger partial charge in [-0.25, -0.2) is 4.79 Å². The minimum atomic E-state index is -0.268. The number of benzene rings is 2. The van der Waals surface area contributed by atoms with Crippen molar-refractivity contribution < 1.29 is 14.3 Å². The Balaban J connectivity index is 1.49. The SMILES string of the molecule is COc1ccc(OC)c([C@H]2CCCN2CC(=O)Nc2ccc3[nH]c(=O)[nH]c3c2)c1. The Labute approximate surface area is 167 Å². The average Bonchev–Trinajstić information content (AvgIpc) is 3.32. The van der Waals surface area contributed by atoms with Crippen LogP contribution in [-0.2, 0) is 4.79 Å². The molecule has 4 rings (SSSR count). The van der Waals surface area contributed by atoms with E-state index in [1.54, 1.807) is 32.4 Å². The van der Waals surface area contributed by atoms with Crippen molar-refractivity contribution in [3.63, 3.8) is 0 Å². The van der Waals surface area contributed by atoms with Crippen molar-refractivity contribution in [3.8, 4) is 11.5 Å². The lowest BCUT2D eigenvalue weighted by Gasteiger charge is -2.26. The van der Waals surface area contributed by atoms with Crippen molar-refractivity contribution in [2.24, 2.45) is 0 Å². The number of nitrogens with one attached hydrogen (secondary N) is 3. The van der Waals surface area contributed by atoms with Crippen LogP contribution in [0.1, 0.15) is 24.4 Å². The van der Waals surface area contributed by atoms with Gasteiger partial charge in [-0.15, -0.1) is 0 Å². The number of imidazole rings is 1. The number of hydrogen-bond donors (Lipinski definition) is 3. The van der Waals surface area contributed by atoms with E-state index in [-0.39, 0.29) is 24.2 Å². The predicted octanol–water partition coefficient (Wildman–Crippen LogP) is 2.65. The number of aromatic amines is 2. The monoisotopic (exact) mass is 396 g/mol. The molecule has 0 spiro atoms. The van der Waals surface area contributed by atoms with Crippen molar-refractivity contribution in [3.05, 3.63) is 52.4 Å². The smallest absolute Gasteiger partial charge is 0.323 e. The molecule has 0 radical (unpaired) electrons. The van der Waals surface area contributed by atoms with Crippen LogP contribution in [0.3, 0.4) is 0 Å². The van der Waals surface area contributed by atoms with Crippen molar-refractivity contribution in [2.75, 3.05) is 32.6 Å². The van der Waals surface area contributed by atoms with Gasteiger partial charge in [0.1, 0.15) is 11.5 Å². The van der Waals surface area contributed by atoms with E-state index in [0.717, 1.165) is 36.4 Å². The number of aromatic nitrogens is 2. The molecule has 8 nitrogen and oxygen atoms in total. The lowest BCUT2D eigenvalue weighted by Crippen LogP contribution is -2.33. The quantitative estimate of drug-likeness (QED) is 0.595. The third-order valence-electron chi connectivity index (χ3n) is 5.31. The van der Waals surface area contributed by atoms with E-state index >= 15 is 0 Å². The number of H-pyrrole nitrogens is 2. The first-order valence-corrected chi connectivity index (χ1v) is 9.55. The van der Waals surface area contributed by atoms with Gasteiger partial charge in [-0.3, -0.25) is 9.69 Å². The number of rotatable bonds is 6. The fourth-order valence-corrected chi connectivity index (χ4v) is 3.96. The van der Waals surface area contributed by atoms with Gasteiger partial charge in [-0.1, -0.05) is 0 Å². The molecule has 1 aliphatic rings. The van der Waals surface area contributed by atoms with E-state index in [4.69, 9.17) is 9.47 Å². The normalized spacial score (nSPS) is 16.8. The van der Waals surface area contributed by atoms with E-state index in [1.165, 1.54) is 0 Å². The molecule has 3 aromatic rings. The maximum Gasteiger partial charge on any atom is 0.323 e. The van der Waals surface area contributed by atoms with Crippen molar-refractivity contribution in [1.82, 2.24) is 14.9 Å². The zero-order valence-corrected chi connectivity index (χ0v) is 16.5. The summed E-state index contributed by atoms with van der Waals surface area (Å²) in [6, 6.07) is 11.1. The molecule has 1 aliphatic heterocycles. The average molecular weight is 396 g/mol. The van der Waals surface area contributed by atoms with Gasteiger partial charge < -0.3 is 24.8 Å². The molecule has 1 saturated heterocycles. The van der Waals surface area contributed by atoms with Gasteiger partial charge in [-0.05, 0) is 55.8 Å². The van der Waals surface area contributed by atoms with Crippen LogP contribution in [0.4, 0.5) is 5.69 Å². The number of methoxy groups -OCH3 is 2. The topological polar surface area (TPSA) is 99.4 Å². The molecule has 1 fully saturated rings. The van der Waals surface area contributed by atoms with Crippen LogP contribution in [0.25, 0.3) is 11.0 Å². The second-order valence-corrected chi connectivity index (χ2v) is 7.12. The minimum Gasteiger partial charge on any atom is -0.497 e. The largest absolute Gasteiger partial charge is 0.497 e. The Kier molecular flexibility index (Phi) is 5.26. The molecule has 29 heavy (non-hydrogen) atoms. The van der Waals surface area contributed by atoms with Crippen LogP contribution in [0.5, 0.6) is 11.5 Å². The zero-order valence-electron chi connectivity index (χ0n) is 16.5. The fourth-order valence-electron chi connectivity index (χ4n) is 3.96. The van der Waals surface area contributed by atoms with Gasteiger partial charge in [0.15, 0.2) is 0 Å². The highest BCUT2D eigenvalue weighted by atomic mass is 16.5. The summed E-state index contributed by atoms with van der Waals surface area (Å²) in [7, 11) is 3.29. The van der Waals surface area contributed by atoms with E-state index in [2.05, 4.69) is 20.2 Å². The molecule has 1 atom stereocenters. The van der Waals surface area contributed by atoms with Crippen LogP contribution in [0.2, 0.25) is 0 Å². The van der Waals surface area contributed by atoms with Gasteiger partial charge in [0.05, 0.1) is 31.8 Å². The second-order valence-electron chi connectivity index (χ2n) is 7.12. The molecule has 0 aliphatic carbocycles. The summed E-state index contributed by atoms with van der Waals surface area (Å²) < 4.78 is 10.9. The molecule has 152 valence electrons. The van der Waals surface area contributed by atoms with Crippen molar-refractivity contribution in [2.45, 2.75) is 18.9 Å². The first-order valence-electron chi connectivity index (χ1n) is 9.55. The number of amides is 1. The number of hydrogen-bond acceptors (Lipinski definition) is 5. The Hall–Kier alpha value is -3.26. The van der Waals surface area contributed by atoms with Crippen LogP contribution in [0, 0.1) is 0 Å². The maximum atomic E-state index is 12.7. The van der Waals surface area contributed by atoms with E-state index in [9.17, 15) is 9.59 Å². The Morgan fingerprint density at radius 3 is 2.76 bits per heavy atom. The fraction of sp³-hybridized carbons (Fsp3) is 0.333. The van der Waals surface area contributed by atoms with Crippen LogP contribution >= 0.6 is 0 Å². The van der Waals surface area contributed by atoms with Gasteiger partial charge in [-0.2, -0.15) is 0 Å². The second kappa shape index (κ2) is 8.00. The highest BCUT2D eigenvalue weighted by Gasteiger charge is 2.30. The predicted molar refractivity (Wildman–Crippen MR) is 111 cm³/mol. The molecule has 8 heteroatoms. The summed E-state index contributed by atoms with van der Waals surface area (Å²) in [5.41, 5.74) is 2.78. The molecular formula is C21H24N4O4. The Morgan fingerprint density at radius 1 is 1.14 bits per heavy atom. The standard InChI is InChI=1S/C21H24N4O4/c1-28-14-6-8-19(29-2)15(11-14)18-4-3-9-25(18)12-20(26)22-13-5-7-16-17(10-13)24-21(27)23-16/h5-8,10-11,18H,3-4,9,12H2,1-2H3,(H,22,26)(H2,23,24,27)/t18-/m1/s1. The van der Waals surface area contributed by atoms with Crippen LogP contribution < -0.4 is 20.5 Å². The summed E-state index contributed by atoms with van der Waals surface area (Å²) in [5.74, 6) is 1.46. The van der Waals surface area contributed by atoms with Crippen LogP contribution in [0.15, 0.2) is 41.2 Å². The number of nitrogens with zero attached hydrogens (tertiary/aromatic N) is 1. The van der Waals surface area contributed by atoms with Gasteiger partial charge in [0, 0.05) is 17.3 Å².